The van der Waals surface area contributed by atoms with Crippen LogP contribution in [0.3, 0.4) is 0 Å². The van der Waals surface area contributed by atoms with Gasteiger partial charge in [0.2, 0.25) is 0 Å². The highest BCUT2D eigenvalue weighted by Crippen LogP contribution is 2.42. The molecule has 1 aromatic rings. The maximum atomic E-state index is 12.5. The molecule has 0 saturated carbocycles. The zero-order valence-corrected chi connectivity index (χ0v) is 20.0. The van der Waals surface area contributed by atoms with Crippen LogP contribution >= 0.6 is 23.8 Å². The number of phosphoric ester groups is 1. The summed E-state index contributed by atoms with van der Waals surface area (Å²) in [5, 5.41) is 27.8. The van der Waals surface area contributed by atoms with E-state index in [9.17, 15) is 42.9 Å². The minimum Gasteiger partial charge on any atom is -0.379 e. The second-order valence-electron chi connectivity index (χ2n) is 6.02. The van der Waals surface area contributed by atoms with E-state index < -0.39 is 69.5 Å². The minimum absolute atomic E-state index is 0.136. The maximum Gasteiger partial charge on any atom is 0.472 e. The van der Waals surface area contributed by atoms with E-state index >= 15 is 0 Å². The van der Waals surface area contributed by atoms with E-state index in [0.717, 1.165) is 12.1 Å². The SMILES string of the molecule is O=C(NCCOP(=O)(O)OCCBr)c1c([N+](=O)[O-])ccc(NCCCS(=O)(=O)O)c1[N+](=O)[O-]. The van der Waals surface area contributed by atoms with Crippen molar-refractivity contribution in [1.82, 2.24) is 5.32 Å². The molecule has 0 heterocycles. The Kier molecular flexibility index (Phi) is 11.2. The van der Waals surface area contributed by atoms with Crippen molar-refractivity contribution in [2.24, 2.45) is 0 Å². The van der Waals surface area contributed by atoms with Crippen molar-refractivity contribution in [3.05, 3.63) is 37.9 Å². The van der Waals surface area contributed by atoms with E-state index in [2.05, 4.69) is 35.6 Å². The first-order chi connectivity index (χ1) is 15.3. The van der Waals surface area contributed by atoms with Crippen LogP contribution in [0, 0.1) is 20.2 Å². The zero-order chi connectivity index (χ0) is 25.2. The quantitative estimate of drug-likeness (QED) is 0.0575. The lowest BCUT2D eigenvalue weighted by Gasteiger charge is -2.13. The Morgan fingerprint density at radius 2 is 1.79 bits per heavy atom. The Balaban J connectivity index is 3.03. The van der Waals surface area contributed by atoms with E-state index in [0.29, 0.717) is 0 Å². The van der Waals surface area contributed by atoms with Gasteiger partial charge in [-0.3, -0.25) is 38.6 Å². The van der Waals surface area contributed by atoms with Crippen LogP contribution in [0.2, 0.25) is 0 Å². The van der Waals surface area contributed by atoms with Crippen molar-refractivity contribution in [3.8, 4) is 0 Å². The summed E-state index contributed by atoms with van der Waals surface area (Å²) in [6.07, 6.45) is -0.149. The number of carbonyl (C=O) groups is 1. The van der Waals surface area contributed by atoms with Gasteiger partial charge in [0.25, 0.3) is 21.7 Å². The third-order valence-electron chi connectivity index (χ3n) is 3.63. The van der Waals surface area contributed by atoms with Crippen LogP contribution in [0.5, 0.6) is 0 Å². The van der Waals surface area contributed by atoms with Gasteiger partial charge >= 0.3 is 13.5 Å². The molecule has 33 heavy (non-hydrogen) atoms. The number of hydrogen-bond donors (Lipinski definition) is 4. The number of nitro benzene ring substituents is 2. The van der Waals surface area contributed by atoms with E-state index in [-0.39, 0.29) is 30.6 Å². The number of alkyl halides is 1. The lowest BCUT2D eigenvalue weighted by Crippen LogP contribution is -2.28. The zero-order valence-electron chi connectivity index (χ0n) is 16.7. The number of nitrogens with zero attached hydrogens (tertiary/aromatic N) is 2. The Hall–Kier alpha value is -2.21. The Morgan fingerprint density at radius 3 is 2.33 bits per heavy atom. The van der Waals surface area contributed by atoms with Crippen LogP contribution in [0.4, 0.5) is 17.1 Å². The molecule has 0 bridgehead atoms. The normalized spacial score (nSPS) is 13.2. The standard InChI is InChI=1S/C14H20BrN4O12PS/c15-4-7-30-32(25,26)31-8-6-17-14(20)12-11(18(21)22)3-2-10(13(12)19(23)24)16-5-1-9-33(27,28)29/h2-3,16H,1,4-9H2,(H,17,20)(H,25,26)(H,27,28,29). The molecule has 186 valence electrons. The molecule has 0 aliphatic heterocycles. The number of hydrogen-bond acceptors (Lipinski definition) is 11. The molecule has 0 radical (unpaired) electrons. The van der Waals surface area contributed by atoms with Gasteiger partial charge in [0.05, 0.1) is 28.8 Å². The summed E-state index contributed by atoms with van der Waals surface area (Å²) in [4.78, 5) is 42.8. The highest BCUT2D eigenvalue weighted by molar-refractivity contribution is 9.09. The molecule has 16 nitrogen and oxygen atoms in total. The molecular formula is C14H20BrN4O12PS. The molecule has 19 heteroatoms. The van der Waals surface area contributed by atoms with Gasteiger partial charge in [-0.25, -0.2) is 4.57 Å². The lowest BCUT2D eigenvalue weighted by molar-refractivity contribution is -0.394. The highest BCUT2D eigenvalue weighted by Gasteiger charge is 2.34. The largest absolute Gasteiger partial charge is 0.472 e. The van der Waals surface area contributed by atoms with E-state index in [1.165, 1.54) is 0 Å². The topological polar surface area (TPSA) is 238 Å². The summed E-state index contributed by atoms with van der Waals surface area (Å²) in [6, 6.07) is 1.83. The fraction of sp³-hybridized carbons (Fsp3) is 0.500. The predicted molar refractivity (Wildman–Crippen MR) is 117 cm³/mol. The molecule has 0 spiro atoms. The minimum atomic E-state index is -4.40. The second kappa shape index (κ2) is 12.9. The molecule has 0 aliphatic rings. The first kappa shape index (κ1) is 28.8. The number of rotatable bonds is 15. The van der Waals surface area contributed by atoms with E-state index in [1.54, 1.807) is 0 Å². The molecule has 1 rings (SSSR count). The number of phosphoric acid groups is 1. The number of nitrogens with one attached hydrogen (secondary N) is 2. The first-order valence-corrected chi connectivity index (χ1v) is 13.1. The summed E-state index contributed by atoms with van der Waals surface area (Å²) in [6.45, 7) is -1.30. The summed E-state index contributed by atoms with van der Waals surface area (Å²) in [7, 11) is -8.66. The van der Waals surface area contributed by atoms with Crippen molar-refractivity contribution in [1.29, 1.82) is 0 Å². The Bertz CT molecular complexity index is 1040. The Labute approximate surface area is 195 Å². The van der Waals surface area contributed by atoms with Gasteiger partial charge in [0.15, 0.2) is 5.56 Å². The fourth-order valence-corrected chi connectivity index (χ4v) is 4.01. The lowest BCUT2D eigenvalue weighted by atomic mass is 10.1. The number of carbonyl (C=O) groups excluding carboxylic acids is 1. The summed E-state index contributed by atoms with van der Waals surface area (Å²) < 4.78 is 50.9. The van der Waals surface area contributed by atoms with Crippen LogP contribution < -0.4 is 10.6 Å². The molecule has 1 unspecified atom stereocenters. The number of nitro groups is 2. The predicted octanol–water partition coefficient (Wildman–Crippen LogP) is 1.45. The van der Waals surface area contributed by atoms with Gasteiger partial charge in [0, 0.05) is 24.5 Å². The average molecular weight is 579 g/mol. The van der Waals surface area contributed by atoms with Gasteiger partial charge in [-0.2, -0.15) is 8.42 Å². The van der Waals surface area contributed by atoms with Gasteiger partial charge in [0.1, 0.15) is 5.69 Å². The van der Waals surface area contributed by atoms with Gasteiger partial charge in [-0.05, 0) is 12.5 Å². The number of halogens is 1. The summed E-state index contributed by atoms with van der Waals surface area (Å²) in [5.41, 5.74) is -3.02. The van der Waals surface area contributed by atoms with Crippen molar-refractivity contribution in [2.75, 3.05) is 42.7 Å². The van der Waals surface area contributed by atoms with Crippen LogP contribution in [0.15, 0.2) is 12.1 Å². The van der Waals surface area contributed by atoms with Crippen LogP contribution in [0.25, 0.3) is 0 Å². The van der Waals surface area contributed by atoms with Crippen molar-refractivity contribution < 1.29 is 46.1 Å². The fourth-order valence-electron chi connectivity index (χ4n) is 2.37. The molecule has 0 aliphatic carbocycles. The third kappa shape index (κ3) is 10.1. The van der Waals surface area contributed by atoms with Gasteiger partial charge in [-0.15, -0.1) is 0 Å². The Morgan fingerprint density at radius 1 is 1.15 bits per heavy atom. The molecule has 1 amide bonds. The van der Waals surface area contributed by atoms with Crippen molar-refractivity contribution in [3.63, 3.8) is 0 Å². The second-order valence-corrected chi connectivity index (χ2v) is 9.83. The number of amides is 1. The van der Waals surface area contributed by atoms with Crippen molar-refractivity contribution >= 4 is 56.8 Å². The molecule has 1 aromatic carbocycles. The highest BCUT2D eigenvalue weighted by atomic mass is 79.9. The molecule has 1 atom stereocenters. The van der Waals surface area contributed by atoms with Crippen molar-refractivity contribution in [2.45, 2.75) is 6.42 Å². The molecular weight excluding hydrogens is 559 g/mol. The smallest absolute Gasteiger partial charge is 0.379 e. The molecule has 0 saturated heterocycles. The monoisotopic (exact) mass is 578 g/mol. The third-order valence-corrected chi connectivity index (χ3v) is 5.78. The van der Waals surface area contributed by atoms with E-state index in [4.69, 9.17) is 4.55 Å². The number of anilines is 1. The molecule has 0 aromatic heterocycles. The van der Waals surface area contributed by atoms with Crippen LogP contribution in [-0.2, 0) is 23.7 Å². The average Bonchev–Trinajstić information content (AvgIpc) is 2.71. The molecule has 0 fully saturated rings. The maximum absolute atomic E-state index is 12.5. The number of benzene rings is 1. The van der Waals surface area contributed by atoms with Gasteiger partial charge < -0.3 is 15.5 Å². The molecule has 4 N–H and O–H groups in total. The van der Waals surface area contributed by atoms with Crippen LogP contribution in [-0.4, -0.2) is 71.0 Å². The van der Waals surface area contributed by atoms with Crippen LogP contribution in [0.1, 0.15) is 16.8 Å². The summed E-state index contributed by atoms with van der Waals surface area (Å²) >= 11 is 2.98. The van der Waals surface area contributed by atoms with Gasteiger partial charge in [-0.1, -0.05) is 15.9 Å². The first-order valence-electron chi connectivity index (χ1n) is 8.90. The summed E-state index contributed by atoms with van der Waals surface area (Å²) in [5.74, 6) is -1.87. The van der Waals surface area contributed by atoms with E-state index in [1.807, 2.05) is 0 Å².